The maximum atomic E-state index is 12.2. The number of hydrogen-bond donors (Lipinski definition) is 0. The van der Waals surface area contributed by atoms with Crippen LogP contribution >= 0.6 is 0 Å². The number of benzene rings is 1. The summed E-state index contributed by atoms with van der Waals surface area (Å²) in [6.45, 7) is 3.68. The number of ketones is 1. The molecule has 0 radical (unpaired) electrons. The van der Waals surface area contributed by atoms with Crippen LogP contribution in [0.5, 0.6) is 11.5 Å². The zero-order valence-electron chi connectivity index (χ0n) is 13.8. The van der Waals surface area contributed by atoms with E-state index in [1.165, 1.54) is 13.2 Å². The van der Waals surface area contributed by atoms with E-state index >= 15 is 0 Å². The predicted octanol–water partition coefficient (Wildman–Crippen LogP) is 1.91. The lowest BCUT2D eigenvalue weighted by Gasteiger charge is -2.30. The number of likely N-dealkylation sites (N-methyl/N-ethyl adjacent to an activating group) is 1. The number of esters is 1. The summed E-state index contributed by atoms with van der Waals surface area (Å²) in [6.07, 6.45) is 2.05. The number of methoxy groups -OCH3 is 1. The van der Waals surface area contributed by atoms with E-state index in [4.69, 9.17) is 14.2 Å². The minimum absolute atomic E-state index is 0.0376. The molecule has 0 spiro atoms. The standard InChI is InChI=1S/C17H23NO5/c1-4-22-17(20)15(19)13-8-5-9-14(16(13)21-3)23-12-7-6-10-18(2)11-12/h5,8-9,12H,4,6-7,10-11H2,1-3H3. The van der Waals surface area contributed by atoms with Crippen LogP contribution in [0.15, 0.2) is 18.2 Å². The van der Waals surface area contributed by atoms with Gasteiger partial charge < -0.3 is 19.1 Å². The molecule has 0 aromatic heterocycles. The Bertz CT molecular complexity index is 572. The van der Waals surface area contributed by atoms with E-state index in [2.05, 4.69) is 4.90 Å². The molecule has 1 saturated heterocycles. The molecule has 0 bridgehead atoms. The molecule has 1 fully saturated rings. The predicted molar refractivity (Wildman–Crippen MR) is 85.1 cm³/mol. The lowest BCUT2D eigenvalue weighted by Crippen LogP contribution is -2.38. The summed E-state index contributed by atoms with van der Waals surface area (Å²) in [5.74, 6) is -0.864. The van der Waals surface area contributed by atoms with Gasteiger partial charge in [-0.05, 0) is 45.5 Å². The van der Waals surface area contributed by atoms with Gasteiger partial charge >= 0.3 is 5.97 Å². The van der Waals surface area contributed by atoms with Crippen molar-refractivity contribution in [1.29, 1.82) is 0 Å². The SMILES string of the molecule is CCOC(=O)C(=O)c1cccc(OC2CCCN(C)C2)c1OC. The van der Waals surface area contributed by atoms with Crippen LogP contribution in [0.25, 0.3) is 0 Å². The Kier molecular flexibility index (Phi) is 5.98. The van der Waals surface area contributed by atoms with Crippen LogP contribution in [-0.4, -0.2) is 56.6 Å². The summed E-state index contributed by atoms with van der Waals surface area (Å²) in [7, 11) is 3.50. The number of para-hydroxylation sites is 1. The maximum Gasteiger partial charge on any atom is 0.379 e. The van der Waals surface area contributed by atoms with Crippen LogP contribution in [0.3, 0.4) is 0 Å². The minimum atomic E-state index is -0.889. The third-order valence-corrected chi connectivity index (χ3v) is 3.76. The van der Waals surface area contributed by atoms with Crippen LogP contribution in [0.1, 0.15) is 30.1 Å². The molecule has 1 aliphatic rings. The Balaban J connectivity index is 2.22. The smallest absolute Gasteiger partial charge is 0.379 e. The number of Topliss-reactive ketones (excluding diaryl/α,β-unsaturated/α-hetero) is 1. The molecule has 23 heavy (non-hydrogen) atoms. The fraction of sp³-hybridized carbons (Fsp3) is 0.529. The van der Waals surface area contributed by atoms with Gasteiger partial charge in [-0.3, -0.25) is 4.79 Å². The van der Waals surface area contributed by atoms with Crippen LogP contribution < -0.4 is 9.47 Å². The molecule has 0 aliphatic carbocycles. The molecule has 6 heteroatoms. The van der Waals surface area contributed by atoms with Gasteiger partial charge in [0.2, 0.25) is 0 Å². The lowest BCUT2D eigenvalue weighted by molar-refractivity contribution is -0.137. The summed E-state index contributed by atoms with van der Waals surface area (Å²) in [5, 5.41) is 0. The van der Waals surface area contributed by atoms with Crippen molar-refractivity contribution in [2.24, 2.45) is 0 Å². The number of rotatable bonds is 6. The number of ether oxygens (including phenoxy) is 3. The van der Waals surface area contributed by atoms with Crippen molar-refractivity contribution in [2.45, 2.75) is 25.9 Å². The van der Waals surface area contributed by atoms with Gasteiger partial charge in [-0.1, -0.05) is 6.07 Å². The Morgan fingerprint density at radius 2 is 2.13 bits per heavy atom. The second-order valence-electron chi connectivity index (χ2n) is 5.53. The van der Waals surface area contributed by atoms with E-state index in [-0.39, 0.29) is 24.0 Å². The fourth-order valence-corrected chi connectivity index (χ4v) is 2.70. The van der Waals surface area contributed by atoms with Crippen LogP contribution in [0, 0.1) is 0 Å². The third kappa shape index (κ3) is 4.22. The Labute approximate surface area is 136 Å². The largest absolute Gasteiger partial charge is 0.492 e. The van der Waals surface area contributed by atoms with Crippen molar-refractivity contribution in [3.8, 4) is 11.5 Å². The molecule has 1 aromatic carbocycles. The normalized spacial score (nSPS) is 18.3. The number of likely N-dealkylation sites (tertiary alicyclic amines) is 1. The van der Waals surface area contributed by atoms with Gasteiger partial charge in [-0.15, -0.1) is 0 Å². The van der Waals surface area contributed by atoms with Crippen LogP contribution in [0.4, 0.5) is 0 Å². The molecule has 126 valence electrons. The highest BCUT2D eigenvalue weighted by Crippen LogP contribution is 2.33. The van der Waals surface area contributed by atoms with E-state index in [0.29, 0.717) is 5.75 Å². The van der Waals surface area contributed by atoms with E-state index in [1.54, 1.807) is 19.1 Å². The highest BCUT2D eigenvalue weighted by molar-refractivity contribution is 6.41. The molecule has 6 nitrogen and oxygen atoms in total. The Morgan fingerprint density at radius 3 is 2.78 bits per heavy atom. The Morgan fingerprint density at radius 1 is 1.35 bits per heavy atom. The van der Waals surface area contributed by atoms with Gasteiger partial charge in [-0.2, -0.15) is 0 Å². The zero-order valence-corrected chi connectivity index (χ0v) is 13.8. The van der Waals surface area contributed by atoms with Gasteiger partial charge in [0.15, 0.2) is 11.5 Å². The van der Waals surface area contributed by atoms with Crippen molar-refractivity contribution in [1.82, 2.24) is 4.90 Å². The van der Waals surface area contributed by atoms with E-state index in [1.807, 2.05) is 7.05 Å². The first-order valence-corrected chi connectivity index (χ1v) is 7.80. The second kappa shape index (κ2) is 7.97. The molecular formula is C17H23NO5. The third-order valence-electron chi connectivity index (χ3n) is 3.76. The van der Waals surface area contributed by atoms with E-state index in [0.717, 1.165) is 25.9 Å². The monoisotopic (exact) mass is 321 g/mol. The summed E-state index contributed by atoms with van der Waals surface area (Å²) in [6, 6.07) is 4.96. The number of hydrogen-bond acceptors (Lipinski definition) is 6. The lowest BCUT2D eigenvalue weighted by atomic mass is 10.1. The number of nitrogens with zero attached hydrogens (tertiary/aromatic N) is 1. The van der Waals surface area contributed by atoms with Gasteiger partial charge in [0.05, 0.1) is 19.3 Å². The molecule has 0 amide bonds. The first-order valence-electron chi connectivity index (χ1n) is 7.80. The molecule has 1 unspecified atom stereocenters. The van der Waals surface area contributed by atoms with Crippen molar-refractivity contribution < 1.29 is 23.8 Å². The van der Waals surface area contributed by atoms with Gasteiger partial charge in [0, 0.05) is 6.54 Å². The number of piperidine rings is 1. The molecule has 2 rings (SSSR count). The first kappa shape index (κ1) is 17.3. The Hall–Kier alpha value is -2.08. The molecule has 1 heterocycles. The number of carbonyl (C=O) groups is 2. The minimum Gasteiger partial charge on any atom is -0.492 e. The molecule has 0 N–H and O–H groups in total. The summed E-state index contributed by atoms with van der Waals surface area (Å²) < 4.78 is 16.1. The van der Waals surface area contributed by atoms with Crippen molar-refractivity contribution in [3.05, 3.63) is 23.8 Å². The molecular weight excluding hydrogens is 298 g/mol. The van der Waals surface area contributed by atoms with Crippen molar-refractivity contribution >= 4 is 11.8 Å². The fourth-order valence-electron chi connectivity index (χ4n) is 2.70. The zero-order chi connectivity index (χ0) is 16.8. The average Bonchev–Trinajstić information content (AvgIpc) is 2.54. The highest BCUT2D eigenvalue weighted by atomic mass is 16.5. The van der Waals surface area contributed by atoms with E-state index < -0.39 is 11.8 Å². The quantitative estimate of drug-likeness (QED) is 0.453. The van der Waals surface area contributed by atoms with Gasteiger partial charge in [0.25, 0.3) is 5.78 Å². The maximum absolute atomic E-state index is 12.2. The van der Waals surface area contributed by atoms with Crippen LogP contribution in [-0.2, 0) is 9.53 Å². The van der Waals surface area contributed by atoms with Crippen LogP contribution in [0.2, 0.25) is 0 Å². The molecule has 1 aromatic rings. The first-order chi connectivity index (χ1) is 11.1. The van der Waals surface area contributed by atoms with Gasteiger partial charge in [-0.25, -0.2) is 4.79 Å². The molecule has 1 aliphatic heterocycles. The van der Waals surface area contributed by atoms with Crippen molar-refractivity contribution in [2.75, 3.05) is 33.9 Å². The highest BCUT2D eigenvalue weighted by Gasteiger charge is 2.26. The van der Waals surface area contributed by atoms with Gasteiger partial charge in [0.1, 0.15) is 6.10 Å². The summed E-state index contributed by atoms with van der Waals surface area (Å²) in [4.78, 5) is 26.1. The summed E-state index contributed by atoms with van der Waals surface area (Å²) >= 11 is 0. The molecule has 1 atom stereocenters. The number of carbonyl (C=O) groups excluding carboxylic acids is 2. The molecule has 0 saturated carbocycles. The van der Waals surface area contributed by atoms with Crippen molar-refractivity contribution in [3.63, 3.8) is 0 Å². The summed E-state index contributed by atoms with van der Waals surface area (Å²) in [5.41, 5.74) is 0.160. The second-order valence-corrected chi connectivity index (χ2v) is 5.53. The topological polar surface area (TPSA) is 65.1 Å². The average molecular weight is 321 g/mol. The van der Waals surface area contributed by atoms with E-state index in [9.17, 15) is 9.59 Å².